The van der Waals surface area contributed by atoms with Crippen LogP contribution in [0, 0.1) is 0 Å². The van der Waals surface area contributed by atoms with Gasteiger partial charge < -0.3 is 5.11 Å². The van der Waals surface area contributed by atoms with Crippen LogP contribution < -0.4 is 4.90 Å². The monoisotopic (exact) mass is 384 g/mol. The summed E-state index contributed by atoms with van der Waals surface area (Å²) in [4.78, 5) is 31.0. The molecule has 1 fully saturated rings. The van der Waals surface area contributed by atoms with Crippen LogP contribution in [0.3, 0.4) is 0 Å². The number of rotatable bonds is 4. The van der Waals surface area contributed by atoms with Crippen molar-refractivity contribution in [1.82, 2.24) is 5.01 Å². The molecule has 7 heteroatoms. The molecule has 0 aromatic heterocycles. The number of carbonyl (C=O) groups excluding carboxylic acids is 1. The first-order chi connectivity index (χ1) is 14.1. The second-order valence-electron chi connectivity index (χ2n) is 6.85. The van der Waals surface area contributed by atoms with E-state index < -0.39 is 17.9 Å². The molecule has 1 atom stereocenters. The first kappa shape index (κ1) is 17.1. The normalized spacial score (nSPS) is 17.7. The van der Waals surface area contributed by atoms with E-state index in [0.29, 0.717) is 5.96 Å². The average molecular weight is 384 g/mol. The van der Waals surface area contributed by atoms with Gasteiger partial charge in [-0.25, -0.2) is 4.99 Å². The Labute approximate surface area is 166 Å². The summed E-state index contributed by atoms with van der Waals surface area (Å²) in [6, 6.07) is 20.0. The first-order valence-corrected chi connectivity index (χ1v) is 9.18. The minimum atomic E-state index is -1.05. The maximum Gasteiger partial charge on any atom is 0.306 e. The van der Waals surface area contributed by atoms with Gasteiger partial charge >= 0.3 is 5.97 Å². The standard InChI is InChI=1S/C22H16N4O3/c27-19(28)12-18-21(29)26(23-13-14-6-2-1-3-7-14)22-24-16-10-4-8-15-9-5-11-17(20(15)16)25(18)22/h1-11,13,18H,12H2,(H,27,28)/b23-13+. The van der Waals surface area contributed by atoms with Crippen LogP contribution in [0.1, 0.15) is 12.0 Å². The average Bonchev–Trinajstić information content (AvgIpc) is 2.98. The van der Waals surface area contributed by atoms with Crippen molar-refractivity contribution in [3.05, 3.63) is 72.3 Å². The van der Waals surface area contributed by atoms with Crippen molar-refractivity contribution in [1.29, 1.82) is 0 Å². The Kier molecular flexibility index (Phi) is 3.87. The summed E-state index contributed by atoms with van der Waals surface area (Å²) in [6.07, 6.45) is 1.23. The van der Waals surface area contributed by atoms with E-state index in [1.165, 1.54) is 5.01 Å². The Balaban J connectivity index is 1.66. The van der Waals surface area contributed by atoms with Gasteiger partial charge in [0.2, 0.25) is 5.96 Å². The predicted octanol–water partition coefficient (Wildman–Crippen LogP) is 3.37. The summed E-state index contributed by atoms with van der Waals surface area (Å²) in [7, 11) is 0. The second-order valence-corrected chi connectivity index (χ2v) is 6.85. The molecule has 0 bridgehead atoms. The Morgan fingerprint density at radius 2 is 1.83 bits per heavy atom. The number of hydrazone groups is 1. The van der Waals surface area contributed by atoms with Gasteiger partial charge in [-0.05, 0) is 23.1 Å². The van der Waals surface area contributed by atoms with E-state index >= 15 is 0 Å². The van der Waals surface area contributed by atoms with E-state index in [1.54, 1.807) is 11.1 Å². The van der Waals surface area contributed by atoms with Crippen LogP contribution >= 0.6 is 0 Å². The molecule has 3 aromatic rings. The number of carboxylic acids is 1. The lowest BCUT2D eigenvalue weighted by Gasteiger charge is -2.28. The van der Waals surface area contributed by atoms with Crippen LogP contribution in [0.15, 0.2) is 76.8 Å². The molecule has 0 radical (unpaired) electrons. The molecule has 142 valence electrons. The van der Waals surface area contributed by atoms with Crippen molar-refractivity contribution < 1.29 is 14.7 Å². The number of amides is 1. The van der Waals surface area contributed by atoms with Crippen molar-refractivity contribution in [2.24, 2.45) is 10.1 Å². The molecule has 29 heavy (non-hydrogen) atoms. The van der Waals surface area contributed by atoms with Crippen LogP contribution in [0.4, 0.5) is 11.4 Å². The van der Waals surface area contributed by atoms with E-state index in [-0.39, 0.29) is 6.42 Å². The number of nitrogens with zero attached hydrogens (tertiary/aromatic N) is 4. The Morgan fingerprint density at radius 3 is 2.59 bits per heavy atom. The summed E-state index contributed by atoms with van der Waals surface area (Å²) >= 11 is 0. The molecule has 1 amide bonds. The highest BCUT2D eigenvalue weighted by molar-refractivity contribution is 6.24. The molecule has 3 aromatic carbocycles. The lowest BCUT2D eigenvalue weighted by atomic mass is 10.0. The highest BCUT2D eigenvalue weighted by atomic mass is 16.4. The number of guanidine groups is 1. The Bertz CT molecular complexity index is 1200. The molecular weight excluding hydrogens is 368 g/mol. The Morgan fingerprint density at radius 1 is 1.07 bits per heavy atom. The molecule has 5 rings (SSSR count). The summed E-state index contributed by atoms with van der Waals surface area (Å²) in [5.41, 5.74) is 2.32. The quantitative estimate of drug-likeness (QED) is 0.699. The zero-order valence-corrected chi connectivity index (χ0v) is 15.3. The number of aliphatic carboxylic acids is 1. The number of aliphatic imine (C=N–C) groups is 1. The lowest BCUT2D eigenvalue weighted by Crippen LogP contribution is -2.38. The highest BCUT2D eigenvalue weighted by Gasteiger charge is 2.47. The van der Waals surface area contributed by atoms with Gasteiger partial charge in [0.15, 0.2) is 0 Å². The molecule has 0 saturated carbocycles. The zero-order valence-electron chi connectivity index (χ0n) is 15.3. The molecule has 2 aliphatic heterocycles. The van der Waals surface area contributed by atoms with Gasteiger partial charge in [0.25, 0.3) is 5.91 Å². The number of anilines is 1. The third-order valence-corrected chi connectivity index (χ3v) is 5.04. The third kappa shape index (κ3) is 2.75. The SMILES string of the molecule is O=C(O)CC1C(=O)N(/N=C/c2ccccc2)C2=Nc3cccc4cccc(c34)N21. The van der Waals surface area contributed by atoms with E-state index in [1.807, 2.05) is 66.7 Å². The summed E-state index contributed by atoms with van der Waals surface area (Å²) in [6.45, 7) is 0. The summed E-state index contributed by atoms with van der Waals surface area (Å²) in [5, 5.41) is 16.8. The highest BCUT2D eigenvalue weighted by Crippen LogP contribution is 2.42. The lowest BCUT2D eigenvalue weighted by molar-refractivity contribution is -0.140. The summed E-state index contributed by atoms with van der Waals surface area (Å²) < 4.78 is 0. The van der Waals surface area contributed by atoms with Gasteiger partial charge in [-0.15, -0.1) is 0 Å². The fourth-order valence-electron chi connectivity index (χ4n) is 3.79. The molecule has 2 heterocycles. The van der Waals surface area contributed by atoms with Crippen molar-refractivity contribution in [2.75, 3.05) is 4.90 Å². The van der Waals surface area contributed by atoms with Crippen LogP contribution in [0.5, 0.6) is 0 Å². The number of hydrogen-bond donors (Lipinski definition) is 1. The smallest absolute Gasteiger partial charge is 0.306 e. The Hall–Kier alpha value is -4.00. The first-order valence-electron chi connectivity index (χ1n) is 9.18. The molecule has 1 unspecified atom stereocenters. The predicted molar refractivity (Wildman–Crippen MR) is 110 cm³/mol. The van der Waals surface area contributed by atoms with Gasteiger partial charge in [0.1, 0.15) is 6.04 Å². The van der Waals surface area contributed by atoms with Gasteiger partial charge in [-0.2, -0.15) is 10.1 Å². The zero-order chi connectivity index (χ0) is 20.0. The molecule has 2 aliphatic rings. The molecule has 0 spiro atoms. The number of benzene rings is 3. The van der Waals surface area contributed by atoms with E-state index in [2.05, 4.69) is 10.1 Å². The third-order valence-electron chi connectivity index (χ3n) is 5.04. The number of hydrogen-bond acceptors (Lipinski definition) is 5. The molecule has 1 N–H and O–H groups in total. The largest absolute Gasteiger partial charge is 0.481 e. The van der Waals surface area contributed by atoms with E-state index in [9.17, 15) is 14.7 Å². The van der Waals surface area contributed by atoms with Crippen LogP contribution in [-0.2, 0) is 9.59 Å². The minimum Gasteiger partial charge on any atom is -0.481 e. The minimum absolute atomic E-state index is 0.319. The fourth-order valence-corrected chi connectivity index (χ4v) is 3.79. The maximum atomic E-state index is 13.1. The molecular formula is C22H16N4O3. The van der Waals surface area contributed by atoms with Gasteiger partial charge in [0, 0.05) is 5.39 Å². The van der Waals surface area contributed by atoms with Crippen LogP contribution in [-0.4, -0.2) is 40.2 Å². The van der Waals surface area contributed by atoms with Crippen molar-refractivity contribution in [3.63, 3.8) is 0 Å². The fraction of sp³-hybridized carbons (Fsp3) is 0.0909. The number of carbonyl (C=O) groups is 2. The van der Waals surface area contributed by atoms with Crippen LogP contribution in [0.2, 0.25) is 0 Å². The summed E-state index contributed by atoms with van der Waals surface area (Å²) in [5.74, 6) is -1.15. The molecule has 7 nitrogen and oxygen atoms in total. The second kappa shape index (κ2) is 6.56. The number of carboxylic acid groups (broad SMARTS) is 1. The van der Waals surface area contributed by atoms with Crippen molar-refractivity contribution >= 4 is 46.2 Å². The van der Waals surface area contributed by atoms with Crippen molar-refractivity contribution in [3.8, 4) is 0 Å². The van der Waals surface area contributed by atoms with E-state index in [4.69, 9.17) is 0 Å². The van der Waals surface area contributed by atoms with Gasteiger partial charge in [-0.1, -0.05) is 54.6 Å². The van der Waals surface area contributed by atoms with Gasteiger partial charge in [0.05, 0.1) is 24.0 Å². The topological polar surface area (TPSA) is 85.6 Å². The van der Waals surface area contributed by atoms with Gasteiger partial charge in [-0.3, -0.25) is 14.5 Å². The molecule has 1 saturated heterocycles. The number of fused-ring (bicyclic) bond motifs is 2. The maximum absolute atomic E-state index is 13.1. The van der Waals surface area contributed by atoms with Crippen molar-refractivity contribution in [2.45, 2.75) is 12.5 Å². The van der Waals surface area contributed by atoms with Crippen LogP contribution in [0.25, 0.3) is 10.8 Å². The molecule has 0 aliphatic carbocycles. The van der Waals surface area contributed by atoms with E-state index in [0.717, 1.165) is 27.7 Å².